The number of hydrogen-bond donors (Lipinski definition) is 1. The van der Waals surface area contributed by atoms with Crippen LogP contribution in [0.4, 0.5) is 4.39 Å². The molecule has 1 aromatic heterocycles. The normalized spacial score (nSPS) is 14.8. The van der Waals surface area contributed by atoms with Crippen LogP contribution in [0.2, 0.25) is 5.02 Å². The second-order valence-corrected chi connectivity index (χ2v) is 7.27. The van der Waals surface area contributed by atoms with Gasteiger partial charge in [0.25, 0.3) is 5.91 Å². The van der Waals surface area contributed by atoms with Crippen LogP contribution in [0.1, 0.15) is 48.2 Å². The molecule has 0 radical (unpaired) electrons. The molecule has 0 atom stereocenters. The van der Waals surface area contributed by atoms with Crippen LogP contribution in [0.3, 0.4) is 0 Å². The van der Waals surface area contributed by atoms with Crippen LogP contribution >= 0.6 is 11.6 Å². The molecule has 1 aliphatic heterocycles. The first-order valence-electron chi connectivity index (χ1n) is 9.45. The number of amides is 2. The van der Waals surface area contributed by atoms with Gasteiger partial charge in [-0.25, -0.2) is 4.39 Å². The second-order valence-electron chi connectivity index (χ2n) is 6.86. The Morgan fingerprint density at radius 3 is 2.96 bits per heavy atom. The van der Waals surface area contributed by atoms with Crippen LogP contribution in [0, 0.1) is 12.7 Å². The number of hydrogen-bond acceptors (Lipinski definition) is 4. The highest BCUT2D eigenvalue weighted by atomic mass is 35.5. The molecule has 2 heterocycles. The summed E-state index contributed by atoms with van der Waals surface area (Å²) in [7, 11) is 0. The van der Waals surface area contributed by atoms with Gasteiger partial charge < -0.3 is 14.7 Å². The summed E-state index contributed by atoms with van der Waals surface area (Å²) >= 11 is 6.10. The number of likely N-dealkylation sites (tertiary alicyclic amines) is 1. The highest BCUT2D eigenvalue weighted by Gasteiger charge is 2.25. The SMILES string of the molecule is Cc1onc(-c2c(F)cccc2Cl)c1C(=O)NCCCN1CCCCCC1=O. The lowest BCUT2D eigenvalue weighted by molar-refractivity contribution is -0.130. The maximum absolute atomic E-state index is 14.2. The second kappa shape index (κ2) is 9.19. The Labute approximate surface area is 168 Å². The Morgan fingerprint density at radius 1 is 1.36 bits per heavy atom. The van der Waals surface area contributed by atoms with Crippen molar-refractivity contribution in [2.45, 2.75) is 39.0 Å². The fourth-order valence-electron chi connectivity index (χ4n) is 3.37. The van der Waals surface area contributed by atoms with E-state index in [0.717, 1.165) is 25.8 Å². The van der Waals surface area contributed by atoms with Gasteiger partial charge in [-0.05, 0) is 38.3 Å². The lowest BCUT2D eigenvalue weighted by Crippen LogP contribution is -2.34. The molecule has 6 nitrogen and oxygen atoms in total. The molecule has 0 aliphatic carbocycles. The van der Waals surface area contributed by atoms with Crippen molar-refractivity contribution in [3.63, 3.8) is 0 Å². The molecule has 0 unspecified atom stereocenters. The van der Waals surface area contributed by atoms with Crippen molar-refractivity contribution in [2.24, 2.45) is 0 Å². The van der Waals surface area contributed by atoms with E-state index in [4.69, 9.17) is 16.1 Å². The van der Waals surface area contributed by atoms with E-state index in [1.165, 1.54) is 18.2 Å². The van der Waals surface area contributed by atoms with E-state index in [0.29, 0.717) is 25.9 Å². The number of nitrogens with zero attached hydrogens (tertiary/aromatic N) is 2. The topological polar surface area (TPSA) is 75.4 Å². The van der Waals surface area contributed by atoms with Crippen molar-refractivity contribution in [1.82, 2.24) is 15.4 Å². The zero-order valence-electron chi connectivity index (χ0n) is 15.8. The van der Waals surface area contributed by atoms with E-state index in [1.54, 1.807) is 6.92 Å². The monoisotopic (exact) mass is 407 g/mol. The van der Waals surface area contributed by atoms with Crippen molar-refractivity contribution in [2.75, 3.05) is 19.6 Å². The van der Waals surface area contributed by atoms with Gasteiger partial charge in [-0.1, -0.05) is 29.2 Å². The van der Waals surface area contributed by atoms with Gasteiger partial charge in [0, 0.05) is 26.1 Å². The molecule has 0 spiro atoms. The van der Waals surface area contributed by atoms with Gasteiger partial charge in [-0.3, -0.25) is 9.59 Å². The van der Waals surface area contributed by atoms with Crippen LogP contribution < -0.4 is 5.32 Å². The molecule has 1 N–H and O–H groups in total. The van der Waals surface area contributed by atoms with Crippen LogP contribution in [0.25, 0.3) is 11.3 Å². The van der Waals surface area contributed by atoms with Crippen LogP contribution in [-0.4, -0.2) is 41.5 Å². The van der Waals surface area contributed by atoms with E-state index in [1.807, 2.05) is 4.90 Å². The number of benzene rings is 1. The summed E-state index contributed by atoms with van der Waals surface area (Å²) in [6.07, 6.45) is 4.27. The average molecular weight is 408 g/mol. The minimum absolute atomic E-state index is 0.0429. The summed E-state index contributed by atoms with van der Waals surface area (Å²) < 4.78 is 19.4. The van der Waals surface area contributed by atoms with Gasteiger partial charge in [0.15, 0.2) is 0 Å². The Bertz CT molecular complexity index is 848. The molecule has 3 rings (SSSR count). The summed E-state index contributed by atoms with van der Waals surface area (Å²) in [4.78, 5) is 26.5. The number of carbonyl (C=O) groups excluding carboxylic acids is 2. The van der Waals surface area contributed by atoms with Crippen LogP contribution in [0.15, 0.2) is 22.7 Å². The Balaban J connectivity index is 1.64. The fourth-order valence-corrected chi connectivity index (χ4v) is 3.62. The molecule has 28 heavy (non-hydrogen) atoms. The van der Waals surface area contributed by atoms with Crippen molar-refractivity contribution in [3.05, 3.63) is 40.4 Å². The van der Waals surface area contributed by atoms with Crippen LogP contribution in [0.5, 0.6) is 0 Å². The summed E-state index contributed by atoms with van der Waals surface area (Å²) in [5.41, 5.74) is 0.292. The highest BCUT2D eigenvalue weighted by molar-refractivity contribution is 6.33. The van der Waals surface area contributed by atoms with E-state index in [-0.39, 0.29) is 33.5 Å². The number of carbonyl (C=O) groups is 2. The summed E-state index contributed by atoms with van der Waals surface area (Å²) in [5, 5.41) is 6.79. The maximum atomic E-state index is 14.2. The quantitative estimate of drug-likeness (QED) is 0.735. The van der Waals surface area contributed by atoms with Crippen molar-refractivity contribution < 1.29 is 18.5 Å². The molecule has 0 saturated carbocycles. The third-order valence-electron chi connectivity index (χ3n) is 4.85. The van der Waals surface area contributed by atoms with Gasteiger partial charge in [0.2, 0.25) is 5.91 Å². The molecule has 1 fully saturated rings. The molecular weight excluding hydrogens is 385 g/mol. The number of halogens is 2. The first-order chi connectivity index (χ1) is 13.5. The van der Waals surface area contributed by atoms with E-state index in [2.05, 4.69) is 10.5 Å². The molecule has 2 aromatic rings. The summed E-state index contributed by atoms with van der Waals surface area (Å²) in [6.45, 7) is 3.36. The smallest absolute Gasteiger partial charge is 0.257 e. The Morgan fingerprint density at radius 2 is 2.18 bits per heavy atom. The lowest BCUT2D eigenvalue weighted by Gasteiger charge is -2.20. The fraction of sp³-hybridized carbons (Fsp3) is 0.450. The molecule has 1 aromatic carbocycles. The zero-order chi connectivity index (χ0) is 20.1. The Hall–Kier alpha value is -2.41. The minimum atomic E-state index is -0.575. The van der Waals surface area contributed by atoms with Crippen molar-refractivity contribution in [3.8, 4) is 11.3 Å². The zero-order valence-corrected chi connectivity index (χ0v) is 16.5. The number of aromatic nitrogens is 1. The van der Waals surface area contributed by atoms with Crippen molar-refractivity contribution in [1.29, 1.82) is 0 Å². The molecule has 1 aliphatic rings. The first-order valence-corrected chi connectivity index (χ1v) is 9.83. The van der Waals surface area contributed by atoms with E-state index >= 15 is 0 Å². The molecule has 0 bridgehead atoms. The van der Waals surface area contributed by atoms with Gasteiger partial charge in [0.05, 0.1) is 10.6 Å². The average Bonchev–Trinajstić information content (AvgIpc) is 2.91. The summed E-state index contributed by atoms with van der Waals surface area (Å²) in [6, 6.07) is 4.27. The maximum Gasteiger partial charge on any atom is 0.257 e. The molecule has 1 saturated heterocycles. The van der Waals surface area contributed by atoms with Gasteiger partial charge in [-0.15, -0.1) is 0 Å². The molecule has 8 heteroatoms. The van der Waals surface area contributed by atoms with Crippen molar-refractivity contribution >= 4 is 23.4 Å². The Kier molecular flexibility index (Phi) is 6.67. The predicted octanol–water partition coefficient (Wildman–Crippen LogP) is 3.97. The predicted molar refractivity (Wildman–Crippen MR) is 104 cm³/mol. The van der Waals surface area contributed by atoms with Gasteiger partial charge in [0.1, 0.15) is 22.8 Å². The molecular formula is C20H23ClFN3O3. The lowest BCUT2D eigenvalue weighted by atomic mass is 10.0. The molecule has 150 valence electrons. The number of aryl methyl sites for hydroxylation is 1. The van der Waals surface area contributed by atoms with E-state index < -0.39 is 11.7 Å². The first kappa shape index (κ1) is 20.3. The highest BCUT2D eigenvalue weighted by Crippen LogP contribution is 2.33. The molecule has 2 amide bonds. The number of nitrogens with one attached hydrogen (secondary N) is 1. The largest absolute Gasteiger partial charge is 0.360 e. The minimum Gasteiger partial charge on any atom is -0.360 e. The van der Waals surface area contributed by atoms with Gasteiger partial charge in [-0.2, -0.15) is 0 Å². The number of rotatable bonds is 6. The third kappa shape index (κ3) is 4.52. The van der Waals surface area contributed by atoms with Crippen LogP contribution in [-0.2, 0) is 4.79 Å². The third-order valence-corrected chi connectivity index (χ3v) is 5.17. The van der Waals surface area contributed by atoms with E-state index in [9.17, 15) is 14.0 Å². The standard InChI is InChI=1S/C20H23ClFN3O3/c1-13-17(19(24-28-13)18-14(21)7-5-8-15(18)22)20(27)23-10-6-12-25-11-4-2-3-9-16(25)26/h5,7-8H,2-4,6,9-12H2,1H3,(H,23,27). The van der Waals surface area contributed by atoms with Gasteiger partial charge >= 0.3 is 0 Å². The summed E-state index contributed by atoms with van der Waals surface area (Å²) in [5.74, 6) is -0.519.